The van der Waals surface area contributed by atoms with E-state index in [1.54, 1.807) is 6.33 Å². The van der Waals surface area contributed by atoms with Gasteiger partial charge in [-0.25, -0.2) is 4.98 Å². The van der Waals surface area contributed by atoms with Crippen LogP contribution >= 0.6 is 0 Å². The number of rotatable bonds is 5. The van der Waals surface area contributed by atoms with Gasteiger partial charge in [0.2, 0.25) is 0 Å². The molecule has 0 unspecified atom stereocenters. The SMILES string of the molecule is CCc1ccc(CC(=O)Cn2cnc3ccccc32)cc1. The number of imidazole rings is 1. The number of hydrogen-bond donors (Lipinski definition) is 0. The van der Waals surface area contributed by atoms with Gasteiger partial charge in [0.25, 0.3) is 0 Å². The Balaban J connectivity index is 1.71. The average Bonchev–Trinajstić information content (AvgIpc) is 2.91. The van der Waals surface area contributed by atoms with Crippen molar-refractivity contribution in [2.75, 3.05) is 0 Å². The molecule has 3 nitrogen and oxygen atoms in total. The van der Waals surface area contributed by atoms with Crippen LogP contribution in [0.5, 0.6) is 0 Å². The van der Waals surface area contributed by atoms with Gasteiger partial charge in [0.15, 0.2) is 5.78 Å². The molecule has 0 aliphatic carbocycles. The minimum absolute atomic E-state index is 0.197. The maximum Gasteiger partial charge on any atom is 0.156 e. The van der Waals surface area contributed by atoms with Crippen molar-refractivity contribution in [3.05, 3.63) is 66.0 Å². The van der Waals surface area contributed by atoms with Gasteiger partial charge in [0.1, 0.15) is 0 Å². The Morgan fingerprint density at radius 3 is 2.52 bits per heavy atom. The number of carbonyl (C=O) groups excluding carboxylic acids is 1. The molecule has 0 aliphatic heterocycles. The maximum absolute atomic E-state index is 12.2. The summed E-state index contributed by atoms with van der Waals surface area (Å²) < 4.78 is 1.91. The Hall–Kier alpha value is -2.42. The lowest BCUT2D eigenvalue weighted by atomic mass is 10.1. The van der Waals surface area contributed by atoms with E-state index >= 15 is 0 Å². The van der Waals surface area contributed by atoms with Crippen LogP contribution in [-0.2, 0) is 24.2 Å². The van der Waals surface area contributed by atoms with Gasteiger partial charge in [0, 0.05) is 6.42 Å². The van der Waals surface area contributed by atoms with Crippen molar-refractivity contribution in [3.8, 4) is 0 Å². The second-order valence-corrected chi connectivity index (χ2v) is 5.25. The predicted octanol–water partition coefficient (Wildman–Crippen LogP) is 3.41. The highest BCUT2D eigenvalue weighted by molar-refractivity contribution is 5.83. The number of nitrogens with zero attached hydrogens (tertiary/aromatic N) is 2. The summed E-state index contributed by atoms with van der Waals surface area (Å²) in [6.45, 7) is 2.50. The lowest BCUT2D eigenvalue weighted by Gasteiger charge is -2.05. The molecule has 106 valence electrons. The van der Waals surface area contributed by atoms with E-state index < -0.39 is 0 Å². The summed E-state index contributed by atoms with van der Waals surface area (Å²) in [6, 6.07) is 16.1. The number of fused-ring (bicyclic) bond motifs is 1. The van der Waals surface area contributed by atoms with E-state index in [1.807, 2.05) is 41.0 Å². The molecule has 0 bridgehead atoms. The number of ketones is 1. The molecule has 0 radical (unpaired) electrons. The molecule has 3 aromatic rings. The zero-order valence-electron chi connectivity index (χ0n) is 12.1. The normalized spacial score (nSPS) is 10.9. The minimum atomic E-state index is 0.197. The van der Waals surface area contributed by atoms with Crippen molar-refractivity contribution in [3.63, 3.8) is 0 Å². The summed E-state index contributed by atoms with van der Waals surface area (Å²) in [6.07, 6.45) is 3.23. The number of Topliss-reactive ketones (excluding diaryl/α,β-unsaturated/α-hetero) is 1. The molecular weight excluding hydrogens is 260 g/mol. The molecule has 1 heterocycles. The summed E-state index contributed by atoms with van der Waals surface area (Å²) in [5, 5.41) is 0. The number of carbonyl (C=O) groups is 1. The van der Waals surface area contributed by atoms with Crippen LogP contribution in [0.25, 0.3) is 11.0 Å². The molecule has 2 aromatic carbocycles. The quantitative estimate of drug-likeness (QED) is 0.717. The van der Waals surface area contributed by atoms with E-state index in [1.165, 1.54) is 5.56 Å². The molecule has 21 heavy (non-hydrogen) atoms. The van der Waals surface area contributed by atoms with E-state index in [0.717, 1.165) is 23.0 Å². The Morgan fingerprint density at radius 2 is 1.76 bits per heavy atom. The van der Waals surface area contributed by atoms with Crippen LogP contribution in [0.3, 0.4) is 0 Å². The first-order valence-corrected chi connectivity index (χ1v) is 7.25. The third-order valence-corrected chi connectivity index (χ3v) is 3.71. The lowest BCUT2D eigenvalue weighted by Crippen LogP contribution is -2.11. The fourth-order valence-electron chi connectivity index (χ4n) is 2.50. The number of benzene rings is 2. The van der Waals surface area contributed by atoms with E-state index in [-0.39, 0.29) is 5.78 Å². The van der Waals surface area contributed by atoms with Crippen LogP contribution < -0.4 is 0 Å². The number of hydrogen-bond acceptors (Lipinski definition) is 2. The topological polar surface area (TPSA) is 34.9 Å². The van der Waals surface area contributed by atoms with Gasteiger partial charge in [-0.1, -0.05) is 43.3 Å². The van der Waals surface area contributed by atoms with Gasteiger partial charge < -0.3 is 4.57 Å². The zero-order chi connectivity index (χ0) is 14.7. The largest absolute Gasteiger partial charge is 0.323 e. The summed E-state index contributed by atoms with van der Waals surface area (Å²) in [5.41, 5.74) is 4.30. The second kappa shape index (κ2) is 5.92. The first kappa shape index (κ1) is 13.6. The summed E-state index contributed by atoms with van der Waals surface area (Å²) in [5.74, 6) is 0.197. The van der Waals surface area contributed by atoms with Crippen molar-refractivity contribution in [1.82, 2.24) is 9.55 Å². The molecule has 0 amide bonds. The van der Waals surface area contributed by atoms with E-state index in [2.05, 4.69) is 24.0 Å². The Labute approximate surface area is 124 Å². The van der Waals surface area contributed by atoms with Gasteiger partial charge in [-0.05, 0) is 29.7 Å². The lowest BCUT2D eigenvalue weighted by molar-refractivity contribution is -0.118. The van der Waals surface area contributed by atoms with Crippen molar-refractivity contribution >= 4 is 16.8 Å². The van der Waals surface area contributed by atoms with Crippen LogP contribution in [-0.4, -0.2) is 15.3 Å². The first-order chi connectivity index (χ1) is 10.3. The van der Waals surface area contributed by atoms with Crippen LogP contribution in [0.1, 0.15) is 18.1 Å². The zero-order valence-corrected chi connectivity index (χ0v) is 12.1. The van der Waals surface area contributed by atoms with Crippen LogP contribution in [0.2, 0.25) is 0 Å². The van der Waals surface area contributed by atoms with Gasteiger partial charge in [-0.2, -0.15) is 0 Å². The van der Waals surface area contributed by atoms with Crippen molar-refractivity contribution in [1.29, 1.82) is 0 Å². The highest BCUT2D eigenvalue weighted by Gasteiger charge is 2.08. The molecule has 0 spiro atoms. The Bertz CT molecular complexity index is 756. The van der Waals surface area contributed by atoms with Gasteiger partial charge >= 0.3 is 0 Å². The van der Waals surface area contributed by atoms with Crippen LogP contribution in [0.15, 0.2) is 54.9 Å². The fourth-order valence-corrected chi connectivity index (χ4v) is 2.50. The molecule has 1 aromatic heterocycles. The predicted molar refractivity (Wildman–Crippen MR) is 84.3 cm³/mol. The Morgan fingerprint density at radius 1 is 1.05 bits per heavy atom. The van der Waals surface area contributed by atoms with Crippen molar-refractivity contribution in [2.45, 2.75) is 26.3 Å². The molecule has 0 aliphatic rings. The van der Waals surface area contributed by atoms with Crippen molar-refractivity contribution < 1.29 is 4.79 Å². The Kier molecular flexibility index (Phi) is 3.82. The monoisotopic (exact) mass is 278 g/mol. The third kappa shape index (κ3) is 3.02. The van der Waals surface area contributed by atoms with E-state index in [9.17, 15) is 4.79 Å². The van der Waals surface area contributed by atoms with Gasteiger partial charge in [-0.15, -0.1) is 0 Å². The van der Waals surface area contributed by atoms with Gasteiger partial charge in [0.05, 0.1) is 23.9 Å². The summed E-state index contributed by atoms with van der Waals surface area (Å²) >= 11 is 0. The molecule has 0 saturated heterocycles. The summed E-state index contributed by atoms with van der Waals surface area (Å²) in [7, 11) is 0. The van der Waals surface area contributed by atoms with E-state index in [0.29, 0.717) is 13.0 Å². The first-order valence-electron chi connectivity index (χ1n) is 7.25. The molecule has 3 rings (SSSR count). The third-order valence-electron chi connectivity index (χ3n) is 3.71. The molecule has 0 fully saturated rings. The highest BCUT2D eigenvalue weighted by atomic mass is 16.1. The summed E-state index contributed by atoms with van der Waals surface area (Å²) in [4.78, 5) is 16.5. The molecule has 0 saturated carbocycles. The molecule has 3 heteroatoms. The van der Waals surface area contributed by atoms with Crippen LogP contribution in [0.4, 0.5) is 0 Å². The maximum atomic E-state index is 12.2. The number of para-hydroxylation sites is 2. The number of aromatic nitrogens is 2. The average molecular weight is 278 g/mol. The molecular formula is C18H18N2O. The van der Waals surface area contributed by atoms with Crippen LogP contribution in [0, 0.1) is 0 Å². The van der Waals surface area contributed by atoms with Gasteiger partial charge in [-0.3, -0.25) is 4.79 Å². The standard InChI is InChI=1S/C18H18N2O/c1-2-14-7-9-15(10-8-14)11-16(21)12-20-13-19-17-5-3-4-6-18(17)20/h3-10,13H,2,11-12H2,1H3. The van der Waals surface area contributed by atoms with E-state index in [4.69, 9.17) is 0 Å². The molecule has 0 atom stereocenters. The molecule has 0 N–H and O–H groups in total. The second-order valence-electron chi connectivity index (χ2n) is 5.25. The highest BCUT2D eigenvalue weighted by Crippen LogP contribution is 2.12. The smallest absolute Gasteiger partial charge is 0.156 e. The fraction of sp³-hybridized carbons (Fsp3) is 0.222. The number of aryl methyl sites for hydroxylation is 1. The minimum Gasteiger partial charge on any atom is -0.323 e. The van der Waals surface area contributed by atoms with Crippen molar-refractivity contribution in [2.24, 2.45) is 0 Å².